The van der Waals surface area contributed by atoms with Crippen molar-refractivity contribution in [1.29, 1.82) is 5.26 Å². The van der Waals surface area contributed by atoms with E-state index in [0.29, 0.717) is 36.3 Å². The van der Waals surface area contributed by atoms with Crippen molar-refractivity contribution in [3.63, 3.8) is 0 Å². The van der Waals surface area contributed by atoms with E-state index in [0.717, 1.165) is 65.2 Å². The Morgan fingerprint density at radius 1 is 1.11 bits per heavy atom. The van der Waals surface area contributed by atoms with Crippen LogP contribution in [0.15, 0.2) is 55.3 Å². The van der Waals surface area contributed by atoms with Crippen molar-refractivity contribution >= 4 is 11.6 Å². The lowest BCUT2D eigenvalue weighted by Crippen LogP contribution is -2.42. The van der Waals surface area contributed by atoms with Gasteiger partial charge in [0.1, 0.15) is 11.9 Å². The fourth-order valence-electron chi connectivity index (χ4n) is 7.49. The second-order valence-corrected chi connectivity index (χ2v) is 12.6. The van der Waals surface area contributed by atoms with Crippen LogP contribution >= 0.6 is 0 Å². The summed E-state index contributed by atoms with van der Waals surface area (Å²) in [5, 5.41) is 27.4. The number of aryl methyl sites for hydroxylation is 3. The molecule has 3 aromatic rings. The Bertz CT molecular complexity index is 1600. The van der Waals surface area contributed by atoms with Crippen molar-refractivity contribution in [2.24, 2.45) is 5.92 Å². The van der Waals surface area contributed by atoms with Gasteiger partial charge >= 0.3 is 0 Å². The number of aromatic nitrogens is 3. The predicted molar refractivity (Wildman–Crippen MR) is 172 cm³/mol. The summed E-state index contributed by atoms with van der Waals surface area (Å²) in [6.45, 7) is 13.3. The molecule has 2 unspecified atom stereocenters. The van der Waals surface area contributed by atoms with E-state index in [1.165, 1.54) is 5.56 Å². The van der Waals surface area contributed by atoms with Gasteiger partial charge in [0.05, 0.1) is 11.5 Å². The van der Waals surface area contributed by atoms with Gasteiger partial charge in [-0.3, -0.25) is 9.89 Å². The summed E-state index contributed by atoms with van der Waals surface area (Å²) in [4.78, 5) is 19.9. The summed E-state index contributed by atoms with van der Waals surface area (Å²) in [5.74, 6) is 1.99. The molecule has 0 bridgehead atoms. The smallest absolute Gasteiger partial charge is 0.251 e. The first kappa shape index (κ1) is 29.6. The minimum Gasteiger partial charge on any atom is -0.388 e. The lowest BCUT2D eigenvalue weighted by Gasteiger charge is -2.37. The second-order valence-electron chi connectivity index (χ2n) is 12.6. The number of likely N-dealkylation sites (tertiary alicyclic amines) is 1. The maximum absolute atomic E-state index is 12.7. The zero-order valence-corrected chi connectivity index (χ0v) is 26.1. The number of nitriles is 1. The van der Waals surface area contributed by atoms with E-state index in [9.17, 15) is 10.1 Å². The number of fused-ring (bicyclic) bond motifs is 3. The summed E-state index contributed by atoms with van der Waals surface area (Å²) in [6, 6.07) is 15.5. The number of carbonyl (C=O) groups is 1. The number of aromatic amines is 1. The van der Waals surface area contributed by atoms with Crippen LogP contribution < -0.4 is 16.0 Å². The van der Waals surface area contributed by atoms with Crippen LogP contribution in [0.25, 0.3) is 5.70 Å². The molecule has 6 rings (SSSR count). The second kappa shape index (κ2) is 11.6. The Kier molecular flexibility index (Phi) is 7.80. The van der Waals surface area contributed by atoms with Gasteiger partial charge in [0, 0.05) is 49.7 Å². The molecule has 0 radical (unpaired) electrons. The van der Waals surface area contributed by atoms with Crippen LogP contribution in [0.1, 0.15) is 76.0 Å². The fourth-order valence-corrected chi connectivity index (χ4v) is 7.49. The number of nitrogens with zero attached hydrogens (tertiary/aromatic N) is 4. The quantitative estimate of drug-likeness (QED) is 0.282. The third-order valence-electron chi connectivity index (χ3n) is 9.80. The highest BCUT2D eigenvalue weighted by Crippen LogP contribution is 2.50. The van der Waals surface area contributed by atoms with E-state index in [4.69, 9.17) is 10.1 Å². The van der Waals surface area contributed by atoms with Crippen molar-refractivity contribution in [2.45, 2.75) is 69.5 Å². The van der Waals surface area contributed by atoms with E-state index >= 15 is 0 Å². The van der Waals surface area contributed by atoms with E-state index in [2.05, 4.69) is 76.4 Å². The van der Waals surface area contributed by atoms with E-state index in [1.807, 2.05) is 26.1 Å². The predicted octanol–water partition coefficient (Wildman–Crippen LogP) is 3.96. The number of rotatable bonds is 10. The minimum absolute atomic E-state index is 0.0352. The molecule has 2 heterocycles. The molecule has 9 heteroatoms. The molecule has 1 saturated heterocycles. The summed E-state index contributed by atoms with van der Waals surface area (Å²) in [5.41, 5.74) is 7.43. The monoisotopic (exact) mass is 590 g/mol. The Labute approximate surface area is 259 Å². The summed E-state index contributed by atoms with van der Waals surface area (Å²) < 4.78 is 0. The van der Waals surface area contributed by atoms with Crippen LogP contribution in [0.5, 0.6) is 0 Å². The van der Waals surface area contributed by atoms with E-state index in [1.54, 1.807) is 7.05 Å². The van der Waals surface area contributed by atoms with Crippen LogP contribution in [-0.2, 0) is 18.3 Å². The summed E-state index contributed by atoms with van der Waals surface area (Å²) in [6.07, 6.45) is 4.36. The molecular weight excluding hydrogens is 548 g/mol. The van der Waals surface area contributed by atoms with Gasteiger partial charge in [0.25, 0.3) is 5.91 Å². The zero-order chi connectivity index (χ0) is 31.2. The fraction of sp³-hybridized carbons (Fsp3) is 0.429. The lowest BCUT2D eigenvalue weighted by atomic mass is 9.67. The first-order valence-electron chi connectivity index (χ1n) is 15.5. The number of amides is 1. The van der Waals surface area contributed by atoms with Gasteiger partial charge in [0.2, 0.25) is 0 Å². The molecule has 1 amide bonds. The molecule has 1 saturated carbocycles. The molecule has 3 aliphatic rings. The largest absolute Gasteiger partial charge is 0.388 e. The number of hydrogen-bond acceptors (Lipinski definition) is 7. The number of H-pyrrole nitrogens is 1. The minimum atomic E-state index is -0.690. The van der Waals surface area contributed by atoms with Gasteiger partial charge in [-0.2, -0.15) is 10.4 Å². The molecule has 2 aliphatic carbocycles. The number of piperidine rings is 1. The zero-order valence-electron chi connectivity index (χ0n) is 26.1. The van der Waals surface area contributed by atoms with Crippen LogP contribution in [0.3, 0.4) is 0 Å². The molecule has 2 aromatic carbocycles. The number of carbonyl (C=O) groups excluding carboxylic acids is 1. The molecule has 44 heavy (non-hydrogen) atoms. The highest BCUT2D eigenvalue weighted by molar-refractivity contribution is 5.94. The molecule has 1 aliphatic heterocycles. The van der Waals surface area contributed by atoms with Crippen LogP contribution in [-0.4, -0.2) is 64.8 Å². The average molecular weight is 591 g/mol. The van der Waals surface area contributed by atoms with Crippen LogP contribution in [0.2, 0.25) is 0 Å². The van der Waals surface area contributed by atoms with Crippen molar-refractivity contribution in [3.05, 3.63) is 100 Å². The Balaban J connectivity index is 1.43. The van der Waals surface area contributed by atoms with Crippen LogP contribution in [0.4, 0.5) is 0 Å². The molecule has 5 atom stereocenters. The number of benzene rings is 2. The first-order chi connectivity index (χ1) is 21.2. The number of nitrogens with one attached hydrogen (secondary N) is 4. The lowest BCUT2D eigenvalue weighted by molar-refractivity contribution is 0.0963. The number of hydrogen-bond donors (Lipinski definition) is 4. The van der Waals surface area contributed by atoms with Gasteiger partial charge in [-0.1, -0.05) is 31.4 Å². The summed E-state index contributed by atoms with van der Waals surface area (Å²) >= 11 is 0. The molecule has 4 N–H and O–H groups in total. The maximum Gasteiger partial charge on any atom is 0.251 e. The Hall–Kier alpha value is -4.42. The van der Waals surface area contributed by atoms with Crippen molar-refractivity contribution in [3.8, 4) is 6.07 Å². The normalized spacial score (nSPS) is 23.8. The molecule has 9 nitrogen and oxygen atoms in total. The highest BCUT2D eigenvalue weighted by Gasteiger charge is 2.52. The molecule has 0 spiro atoms. The summed E-state index contributed by atoms with van der Waals surface area (Å²) in [7, 11) is 3.54. The SMILES string of the molecule is C=C(NC)c1ccc2c(c1)CCc1cc(C(=O)NC)ccc1C2(C[C@@H](C)NCC(=C)N1C(C#N)C[C@@H]2C[C@@H]21)c1n[nH]c(C)n1. The molecule has 1 aromatic heterocycles. The van der Waals surface area contributed by atoms with Gasteiger partial charge < -0.3 is 20.9 Å². The molecule has 228 valence electrons. The van der Waals surface area contributed by atoms with Gasteiger partial charge in [0.15, 0.2) is 5.82 Å². The third kappa shape index (κ3) is 5.07. The van der Waals surface area contributed by atoms with Gasteiger partial charge in [-0.05, 0) is 97.9 Å². The third-order valence-corrected chi connectivity index (χ3v) is 9.80. The van der Waals surface area contributed by atoms with Gasteiger partial charge in [-0.15, -0.1) is 0 Å². The first-order valence-corrected chi connectivity index (χ1v) is 15.5. The maximum atomic E-state index is 12.7. The van der Waals surface area contributed by atoms with E-state index in [-0.39, 0.29) is 18.0 Å². The van der Waals surface area contributed by atoms with E-state index < -0.39 is 5.41 Å². The van der Waals surface area contributed by atoms with Gasteiger partial charge in [-0.25, -0.2) is 4.98 Å². The Morgan fingerprint density at radius 2 is 1.80 bits per heavy atom. The van der Waals surface area contributed by atoms with Crippen molar-refractivity contribution in [1.82, 2.24) is 36.0 Å². The topological polar surface area (TPSA) is 122 Å². The van der Waals surface area contributed by atoms with Crippen molar-refractivity contribution < 1.29 is 4.79 Å². The molecule has 2 fully saturated rings. The van der Waals surface area contributed by atoms with Crippen molar-refractivity contribution in [2.75, 3.05) is 20.6 Å². The van der Waals surface area contributed by atoms with Crippen LogP contribution in [0, 0.1) is 24.2 Å². The Morgan fingerprint density at radius 3 is 2.41 bits per heavy atom. The average Bonchev–Trinajstić information content (AvgIpc) is 3.53. The molecular formula is C35H42N8O. The standard InChI is InChI=1S/C35H42N8O/c1-20(39-19-21(2)43-29(18-36)15-28-16-32(28)43)17-35(34-40-23(4)41-42-34)30-11-9-24(22(3)37-5)13-25(30)7-8-26-14-27(33(44)38-6)10-12-31(26)35/h9-14,20,28-29,32,37,39H,2-3,7-8,15-17,19H2,1,4-6H3,(H,38,44)(H,40,41,42)/t20-,28-,29?,32+,35?/m1/s1. The highest BCUT2D eigenvalue weighted by atomic mass is 16.1.